The number of hydrogen-bond donors (Lipinski definition) is 1. The predicted octanol–water partition coefficient (Wildman–Crippen LogP) is 4.52. The maximum atomic E-state index is 13.8. The van der Waals surface area contributed by atoms with Gasteiger partial charge < -0.3 is 5.32 Å². The van der Waals surface area contributed by atoms with E-state index in [4.69, 9.17) is 0 Å². The average molecular weight is 348 g/mol. The molecule has 1 heterocycles. The second kappa shape index (κ2) is 6.71. The number of halogens is 2. The van der Waals surface area contributed by atoms with Crippen molar-refractivity contribution < 1.29 is 4.39 Å². The van der Waals surface area contributed by atoms with E-state index in [-0.39, 0.29) is 5.82 Å². The van der Waals surface area contributed by atoms with Gasteiger partial charge in [-0.05, 0) is 77.0 Å². The molecular weight excluding hydrogens is 329 g/mol. The Morgan fingerprint density at radius 2 is 1.95 bits per heavy atom. The minimum Gasteiger partial charge on any atom is -0.316 e. The normalized spacial score (nSPS) is 22.2. The fraction of sp³-hybridized carbons (Fsp3) is 0.333. The Labute approximate surface area is 133 Å². The summed E-state index contributed by atoms with van der Waals surface area (Å²) in [6.45, 7) is 2.00. The zero-order valence-electron chi connectivity index (χ0n) is 11.9. The van der Waals surface area contributed by atoms with Crippen LogP contribution in [0.5, 0.6) is 0 Å². The van der Waals surface area contributed by atoms with Gasteiger partial charge in [-0.1, -0.05) is 36.4 Å². The molecule has 0 spiro atoms. The molecule has 0 amide bonds. The number of hydrogen-bond acceptors (Lipinski definition) is 1. The van der Waals surface area contributed by atoms with Crippen molar-refractivity contribution in [1.82, 2.24) is 5.32 Å². The molecule has 0 saturated carbocycles. The Morgan fingerprint density at radius 1 is 1.14 bits per heavy atom. The Bertz CT molecular complexity index is 599. The van der Waals surface area contributed by atoms with Gasteiger partial charge >= 0.3 is 0 Å². The summed E-state index contributed by atoms with van der Waals surface area (Å²) in [7, 11) is 0. The third kappa shape index (κ3) is 3.53. The van der Waals surface area contributed by atoms with E-state index >= 15 is 0 Å². The Kier molecular flexibility index (Phi) is 4.71. The van der Waals surface area contributed by atoms with E-state index in [0.29, 0.717) is 16.3 Å². The molecule has 1 aliphatic heterocycles. The lowest BCUT2D eigenvalue weighted by Gasteiger charge is -2.33. The second-order valence-electron chi connectivity index (χ2n) is 5.72. The molecule has 1 nitrogen and oxygen atoms in total. The molecule has 2 atom stereocenters. The van der Waals surface area contributed by atoms with Gasteiger partial charge in [-0.15, -0.1) is 0 Å². The Balaban J connectivity index is 1.82. The molecule has 1 N–H and O–H groups in total. The molecule has 0 aromatic heterocycles. The van der Waals surface area contributed by atoms with E-state index in [9.17, 15) is 4.39 Å². The van der Waals surface area contributed by atoms with Crippen LogP contribution in [0.2, 0.25) is 0 Å². The minimum absolute atomic E-state index is 0.163. The van der Waals surface area contributed by atoms with Crippen LogP contribution in [0.25, 0.3) is 0 Å². The first-order valence-electron chi connectivity index (χ1n) is 7.43. The molecule has 110 valence electrons. The van der Waals surface area contributed by atoms with E-state index in [1.807, 2.05) is 12.1 Å². The third-order valence-electron chi connectivity index (χ3n) is 4.32. The zero-order chi connectivity index (χ0) is 14.7. The first-order valence-corrected chi connectivity index (χ1v) is 8.23. The van der Waals surface area contributed by atoms with Crippen molar-refractivity contribution in [1.29, 1.82) is 0 Å². The molecular formula is C18H19BrFN. The van der Waals surface area contributed by atoms with Crippen molar-refractivity contribution in [2.24, 2.45) is 5.92 Å². The lowest BCUT2D eigenvalue weighted by Crippen LogP contribution is -2.36. The average Bonchev–Trinajstić information content (AvgIpc) is 2.52. The van der Waals surface area contributed by atoms with E-state index in [1.165, 1.54) is 5.56 Å². The van der Waals surface area contributed by atoms with E-state index in [1.54, 1.807) is 6.07 Å². The van der Waals surface area contributed by atoms with E-state index in [0.717, 1.165) is 31.5 Å². The van der Waals surface area contributed by atoms with Crippen molar-refractivity contribution in [2.45, 2.75) is 18.8 Å². The van der Waals surface area contributed by atoms with Gasteiger partial charge in [0.05, 0.1) is 4.47 Å². The van der Waals surface area contributed by atoms with E-state index < -0.39 is 0 Å². The van der Waals surface area contributed by atoms with E-state index in [2.05, 4.69) is 51.6 Å². The van der Waals surface area contributed by atoms with Crippen molar-refractivity contribution in [3.8, 4) is 0 Å². The molecule has 0 aliphatic carbocycles. The summed E-state index contributed by atoms with van der Waals surface area (Å²) in [5.41, 5.74) is 2.48. The van der Waals surface area contributed by atoms with Gasteiger partial charge in [0.25, 0.3) is 0 Å². The van der Waals surface area contributed by atoms with Gasteiger partial charge in [-0.25, -0.2) is 4.39 Å². The van der Waals surface area contributed by atoms with Crippen LogP contribution in [-0.2, 0) is 6.42 Å². The monoisotopic (exact) mass is 347 g/mol. The summed E-state index contributed by atoms with van der Waals surface area (Å²) in [5, 5.41) is 3.48. The third-order valence-corrected chi connectivity index (χ3v) is 4.96. The lowest BCUT2D eigenvalue weighted by atomic mass is 9.78. The molecule has 1 aliphatic rings. The number of benzene rings is 2. The van der Waals surface area contributed by atoms with Crippen molar-refractivity contribution in [3.63, 3.8) is 0 Å². The van der Waals surface area contributed by atoms with Gasteiger partial charge in [0, 0.05) is 0 Å². The summed E-state index contributed by atoms with van der Waals surface area (Å²) in [6.07, 6.45) is 2.11. The SMILES string of the molecule is Fc1cc(C2CCNCC2Cc2ccccc2)ccc1Br. The van der Waals surface area contributed by atoms with Crippen molar-refractivity contribution >= 4 is 15.9 Å². The molecule has 2 aromatic rings. The van der Waals surface area contributed by atoms with Gasteiger partial charge in [0.1, 0.15) is 5.82 Å². The fourth-order valence-electron chi connectivity index (χ4n) is 3.24. The number of piperidine rings is 1. The van der Waals surface area contributed by atoms with Crippen LogP contribution in [0.15, 0.2) is 53.0 Å². The first kappa shape index (κ1) is 14.7. The summed E-state index contributed by atoms with van der Waals surface area (Å²) < 4.78 is 14.4. The van der Waals surface area contributed by atoms with Crippen molar-refractivity contribution in [2.75, 3.05) is 13.1 Å². The maximum Gasteiger partial charge on any atom is 0.137 e. The molecule has 1 saturated heterocycles. The smallest absolute Gasteiger partial charge is 0.137 e. The Hall–Kier alpha value is -1.19. The van der Waals surface area contributed by atoms with Crippen LogP contribution in [0.1, 0.15) is 23.5 Å². The first-order chi connectivity index (χ1) is 10.2. The van der Waals surface area contributed by atoms with Crippen LogP contribution < -0.4 is 5.32 Å². The Morgan fingerprint density at radius 3 is 2.71 bits per heavy atom. The summed E-state index contributed by atoms with van der Waals surface area (Å²) >= 11 is 3.23. The molecule has 0 radical (unpaired) electrons. The van der Waals surface area contributed by atoms with Gasteiger partial charge in [0.2, 0.25) is 0 Å². The molecule has 21 heavy (non-hydrogen) atoms. The highest BCUT2D eigenvalue weighted by molar-refractivity contribution is 9.10. The predicted molar refractivity (Wildman–Crippen MR) is 88.0 cm³/mol. The van der Waals surface area contributed by atoms with Gasteiger partial charge in [-0.3, -0.25) is 0 Å². The minimum atomic E-state index is -0.163. The van der Waals surface area contributed by atoms with Crippen molar-refractivity contribution in [3.05, 3.63) is 69.9 Å². The quantitative estimate of drug-likeness (QED) is 0.860. The lowest BCUT2D eigenvalue weighted by molar-refractivity contribution is 0.323. The fourth-order valence-corrected chi connectivity index (χ4v) is 3.48. The van der Waals surface area contributed by atoms with Gasteiger partial charge in [0.15, 0.2) is 0 Å². The number of rotatable bonds is 3. The zero-order valence-corrected chi connectivity index (χ0v) is 13.4. The van der Waals surface area contributed by atoms with Gasteiger partial charge in [-0.2, -0.15) is 0 Å². The highest BCUT2D eigenvalue weighted by atomic mass is 79.9. The molecule has 0 bridgehead atoms. The molecule has 1 fully saturated rings. The van der Waals surface area contributed by atoms with Crippen LogP contribution in [-0.4, -0.2) is 13.1 Å². The highest BCUT2D eigenvalue weighted by Gasteiger charge is 2.27. The van der Waals surface area contributed by atoms with Crippen LogP contribution >= 0.6 is 15.9 Å². The van der Waals surface area contributed by atoms with Crippen LogP contribution in [0, 0.1) is 11.7 Å². The number of nitrogens with one attached hydrogen (secondary N) is 1. The van der Waals surface area contributed by atoms with Crippen LogP contribution in [0.3, 0.4) is 0 Å². The maximum absolute atomic E-state index is 13.8. The highest BCUT2D eigenvalue weighted by Crippen LogP contribution is 2.34. The summed E-state index contributed by atoms with van der Waals surface area (Å²) in [6, 6.07) is 16.1. The summed E-state index contributed by atoms with van der Waals surface area (Å²) in [5.74, 6) is 0.778. The topological polar surface area (TPSA) is 12.0 Å². The summed E-state index contributed by atoms with van der Waals surface area (Å²) in [4.78, 5) is 0. The molecule has 3 rings (SSSR count). The molecule has 2 aromatic carbocycles. The largest absolute Gasteiger partial charge is 0.316 e. The molecule has 3 heteroatoms. The molecule has 2 unspecified atom stereocenters. The van der Waals surface area contributed by atoms with Crippen LogP contribution in [0.4, 0.5) is 4.39 Å². The standard InChI is InChI=1S/C18H19BrFN/c19-17-7-6-14(11-18(17)20)16-8-9-21-12-15(16)10-13-4-2-1-3-5-13/h1-7,11,15-16,21H,8-10,12H2. The second-order valence-corrected chi connectivity index (χ2v) is 6.58.